The Morgan fingerprint density at radius 2 is 1.83 bits per heavy atom. The molecule has 1 aromatic carbocycles. The third-order valence-corrected chi connectivity index (χ3v) is 7.65. The number of hydrogen-bond donors (Lipinski definition) is 1. The van der Waals surface area contributed by atoms with E-state index in [1.54, 1.807) is 17.8 Å². The lowest BCUT2D eigenvalue weighted by molar-refractivity contribution is -0.174. The van der Waals surface area contributed by atoms with Crippen molar-refractivity contribution in [2.24, 2.45) is 5.92 Å². The maximum atomic E-state index is 12.5. The first-order valence-corrected chi connectivity index (χ1v) is 12.4. The first-order chi connectivity index (χ1) is 17.0. The molecule has 1 fully saturated rings. The number of anilines is 1. The number of carbonyl (C=O) groups is 1. The molecule has 1 aliphatic rings. The van der Waals surface area contributed by atoms with Gasteiger partial charge in [-0.05, 0) is 47.7 Å². The maximum absolute atomic E-state index is 12.5. The molecule has 0 atom stereocenters. The number of pyridine rings is 1. The molecule has 1 amide bonds. The lowest BCUT2D eigenvalue weighted by Gasteiger charge is -2.30. The number of halogens is 1. The fourth-order valence-electron chi connectivity index (χ4n) is 4.78. The van der Waals surface area contributed by atoms with Gasteiger partial charge < -0.3 is 5.73 Å². The minimum absolute atomic E-state index is 0.0254. The number of aromatic nitrogens is 4. The van der Waals surface area contributed by atoms with Crippen LogP contribution < -0.4 is 5.73 Å². The van der Waals surface area contributed by atoms with Gasteiger partial charge in [-0.1, -0.05) is 36.4 Å². The number of carbonyl (C=O) groups excluding carboxylic acids is 1. The zero-order valence-corrected chi connectivity index (χ0v) is 21.3. The van der Waals surface area contributed by atoms with Crippen molar-refractivity contribution < 1.29 is 9.63 Å². The Morgan fingerprint density at radius 3 is 2.49 bits per heavy atom. The molecule has 1 aliphatic carbocycles. The number of benzene rings is 1. The van der Waals surface area contributed by atoms with Crippen molar-refractivity contribution in [3.05, 3.63) is 65.0 Å². The Labute approximate surface area is 212 Å². The molecule has 1 saturated carbocycles. The standard InChI is InChI=1S/C26H27BrN6O2/c1-32(35-2)26(34)18-10-8-17(9-11-18)23-22(27)24(28)33-25(31-23)20(15-30-33)19-12-13-21(29-14-19)16-6-4-3-5-7-16/h3-7,12-15,17-18H,8-11,28H2,1-2H3. The van der Waals surface area contributed by atoms with Crippen LogP contribution in [-0.2, 0) is 9.63 Å². The van der Waals surface area contributed by atoms with Gasteiger partial charge in [0.05, 0.1) is 29.2 Å². The number of fused-ring (bicyclic) bond motifs is 1. The summed E-state index contributed by atoms with van der Waals surface area (Å²) in [4.78, 5) is 27.2. The van der Waals surface area contributed by atoms with Crippen molar-refractivity contribution in [2.75, 3.05) is 19.9 Å². The predicted molar refractivity (Wildman–Crippen MR) is 138 cm³/mol. The highest BCUT2D eigenvalue weighted by molar-refractivity contribution is 9.10. The van der Waals surface area contributed by atoms with Crippen molar-refractivity contribution in [3.63, 3.8) is 0 Å². The normalized spacial score (nSPS) is 18.0. The minimum Gasteiger partial charge on any atom is -0.383 e. The molecule has 180 valence electrons. The summed E-state index contributed by atoms with van der Waals surface area (Å²) in [6, 6.07) is 14.1. The molecule has 0 unspecified atom stereocenters. The van der Waals surface area contributed by atoms with Gasteiger partial charge in [0.15, 0.2) is 5.65 Å². The summed E-state index contributed by atoms with van der Waals surface area (Å²) in [6.45, 7) is 0. The number of nitrogen functional groups attached to an aromatic ring is 1. The van der Waals surface area contributed by atoms with Crippen LogP contribution in [0.25, 0.3) is 28.0 Å². The highest BCUT2D eigenvalue weighted by atomic mass is 79.9. The highest BCUT2D eigenvalue weighted by Crippen LogP contribution is 2.41. The van der Waals surface area contributed by atoms with Gasteiger partial charge in [-0.3, -0.25) is 14.6 Å². The van der Waals surface area contributed by atoms with Crippen LogP contribution in [0.4, 0.5) is 5.82 Å². The minimum atomic E-state index is -0.0317. The topological polar surface area (TPSA) is 98.6 Å². The zero-order valence-electron chi connectivity index (χ0n) is 19.7. The molecule has 0 radical (unpaired) electrons. The summed E-state index contributed by atoms with van der Waals surface area (Å²) < 4.78 is 2.43. The summed E-state index contributed by atoms with van der Waals surface area (Å²) in [7, 11) is 3.17. The molecule has 0 saturated heterocycles. The van der Waals surface area contributed by atoms with E-state index in [4.69, 9.17) is 15.6 Å². The molecule has 3 aromatic heterocycles. The first-order valence-electron chi connectivity index (χ1n) is 11.6. The van der Waals surface area contributed by atoms with Crippen LogP contribution >= 0.6 is 15.9 Å². The molecule has 35 heavy (non-hydrogen) atoms. The van der Waals surface area contributed by atoms with E-state index in [-0.39, 0.29) is 17.7 Å². The second kappa shape index (κ2) is 9.75. The summed E-state index contributed by atoms with van der Waals surface area (Å²) in [5.74, 6) is 0.714. The van der Waals surface area contributed by atoms with Crippen molar-refractivity contribution in [1.29, 1.82) is 0 Å². The summed E-state index contributed by atoms with van der Waals surface area (Å²) in [6.07, 6.45) is 6.91. The largest absolute Gasteiger partial charge is 0.383 e. The van der Waals surface area contributed by atoms with Gasteiger partial charge in [0, 0.05) is 41.8 Å². The second-order valence-electron chi connectivity index (χ2n) is 8.85. The van der Waals surface area contributed by atoms with Crippen LogP contribution in [0.2, 0.25) is 0 Å². The molecule has 0 aliphatic heterocycles. The van der Waals surface area contributed by atoms with Crippen molar-refractivity contribution >= 4 is 33.3 Å². The number of rotatable bonds is 5. The van der Waals surface area contributed by atoms with E-state index in [0.717, 1.165) is 58.2 Å². The van der Waals surface area contributed by atoms with E-state index in [1.807, 2.05) is 48.7 Å². The number of nitrogens with zero attached hydrogens (tertiary/aromatic N) is 5. The van der Waals surface area contributed by atoms with Crippen LogP contribution in [0.5, 0.6) is 0 Å². The molecule has 9 heteroatoms. The third-order valence-electron chi connectivity index (χ3n) is 6.84. The monoisotopic (exact) mass is 534 g/mol. The maximum Gasteiger partial charge on any atom is 0.248 e. The Balaban J connectivity index is 1.44. The first kappa shape index (κ1) is 23.4. The Kier molecular flexibility index (Phi) is 6.53. The quantitative estimate of drug-likeness (QED) is 0.357. The van der Waals surface area contributed by atoms with Crippen molar-refractivity contribution in [2.45, 2.75) is 31.6 Å². The van der Waals surface area contributed by atoms with Gasteiger partial charge >= 0.3 is 0 Å². The van der Waals surface area contributed by atoms with Crippen LogP contribution in [0.15, 0.2) is 59.3 Å². The van der Waals surface area contributed by atoms with Gasteiger partial charge in [-0.15, -0.1) is 0 Å². The van der Waals surface area contributed by atoms with E-state index < -0.39 is 0 Å². The summed E-state index contributed by atoms with van der Waals surface area (Å²) >= 11 is 3.66. The van der Waals surface area contributed by atoms with Crippen LogP contribution in [0.3, 0.4) is 0 Å². The lowest BCUT2D eigenvalue weighted by Crippen LogP contribution is -2.34. The Bertz CT molecular complexity index is 1350. The molecule has 5 rings (SSSR count). The smallest absolute Gasteiger partial charge is 0.248 e. The Morgan fingerprint density at radius 1 is 1.09 bits per heavy atom. The van der Waals surface area contributed by atoms with Crippen molar-refractivity contribution in [1.82, 2.24) is 24.6 Å². The molecule has 3 heterocycles. The second-order valence-corrected chi connectivity index (χ2v) is 9.65. The molecule has 2 N–H and O–H groups in total. The predicted octanol–water partition coefficient (Wildman–Crippen LogP) is 5.10. The number of hydrogen-bond acceptors (Lipinski definition) is 6. The van der Waals surface area contributed by atoms with Crippen LogP contribution in [0.1, 0.15) is 37.3 Å². The van der Waals surface area contributed by atoms with Crippen molar-refractivity contribution in [3.8, 4) is 22.4 Å². The molecule has 0 bridgehead atoms. The van der Waals surface area contributed by atoms with E-state index >= 15 is 0 Å². The van der Waals surface area contributed by atoms with E-state index in [2.05, 4.69) is 26.0 Å². The van der Waals surface area contributed by atoms with Crippen LogP contribution in [0, 0.1) is 5.92 Å². The molecule has 8 nitrogen and oxygen atoms in total. The van der Waals surface area contributed by atoms with Gasteiger partial charge in [-0.2, -0.15) is 9.61 Å². The number of nitrogens with two attached hydrogens (primary N) is 1. The lowest BCUT2D eigenvalue weighted by atomic mass is 9.80. The van der Waals surface area contributed by atoms with Gasteiger partial charge in [0.2, 0.25) is 5.91 Å². The summed E-state index contributed by atoms with van der Waals surface area (Å²) in [5.41, 5.74) is 11.9. The van der Waals surface area contributed by atoms with Gasteiger partial charge in [0.1, 0.15) is 5.82 Å². The molecule has 4 aromatic rings. The average Bonchev–Trinajstić information content (AvgIpc) is 3.34. The zero-order chi connectivity index (χ0) is 24.5. The van der Waals surface area contributed by atoms with Crippen LogP contribution in [-0.4, -0.2) is 44.7 Å². The highest BCUT2D eigenvalue weighted by Gasteiger charge is 2.31. The summed E-state index contributed by atoms with van der Waals surface area (Å²) in [5, 5.41) is 5.81. The van der Waals surface area contributed by atoms with E-state index in [0.29, 0.717) is 11.5 Å². The number of amides is 1. The van der Waals surface area contributed by atoms with E-state index in [9.17, 15) is 4.79 Å². The van der Waals surface area contributed by atoms with Gasteiger partial charge in [-0.25, -0.2) is 10.0 Å². The van der Waals surface area contributed by atoms with E-state index in [1.165, 1.54) is 12.2 Å². The third kappa shape index (κ3) is 4.41. The Hall–Kier alpha value is -3.30. The average molecular weight is 535 g/mol. The SMILES string of the molecule is CON(C)C(=O)C1CCC(c2nc3c(-c4ccc(-c5ccccc5)nc4)cnn3c(N)c2Br)CC1. The molecular weight excluding hydrogens is 508 g/mol. The fraction of sp³-hybridized carbons (Fsp3) is 0.308. The molecular formula is C26H27BrN6O2. The molecule has 0 spiro atoms. The van der Waals surface area contributed by atoms with Gasteiger partial charge in [0.25, 0.3) is 0 Å². The fourth-order valence-corrected chi connectivity index (χ4v) is 5.36. The number of hydroxylamine groups is 2.